The molecule has 2 amide bonds. The molecule has 0 saturated carbocycles. The lowest BCUT2D eigenvalue weighted by Gasteiger charge is -2.39. The smallest absolute Gasteiger partial charge is 0.429 e. The van der Waals surface area contributed by atoms with Crippen LogP contribution in [-0.2, 0) is 4.79 Å². The Balaban J connectivity index is 1.60. The number of carboxylic acid groups (broad SMARTS) is 1. The summed E-state index contributed by atoms with van der Waals surface area (Å²) in [6.45, 7) is 6.27. The third kappa shape index (κ3) is 8.30. The Morgan fingerprint density at radius 1 is 1.27 bits per heavy atom. The fraction of sp³-hybridized carbons (Fsp3) is 0.500. The second-order valence-corrected chi connectivity index (χ2v) is 12.1. The number of nitrogens with zero attached hydrogens (tertiary/aromatic N) is 4. The molecular weight excluding hydrogens is 609 g/mol. The molecule has 0 aliphatic carbocycles. The summed E-state index contributed by atoms with van der Waals surface area (Å²) in [6.07, 6.45) is 1.91. The van der Waals surface area contributed by atoms with Gasteiger partial charge in [0, 0.05) is 67.2 Å². The van der Waals surface area contributed by atoms with E-state index in [1.165, 1.54) is 4.90 Å². The molecule has 0 radical (unpaired) electrons. The number of likely N-dealkylation sites (tertiary alicyclic amines) is 1. The van der Waals surface area contributed by atoms with Gasteiger partial charge in [0.25, 0.3) is 0 Å². The number of ether oxygens (including phenoxy) is 2. The number of aliphatic carboxylic acids is 1. The van der Waals surface area contributed by atoms with Crippen molar-refractivity contribution in [2.75, 3.05) is 39.5 Å². The molecule has 2 unspecified atom stereocenters. The molecule has 1 saturated heterocycles. The van der Waals surface area contributed by atoms with Crippen LogP contribution in [0, 0.1) is 6.92 Å². The molecule has 1 N–H and O–H groups in total. The number of unbranched alkanes of at least 4 members (excludes halogenated alkanes) is 2. The van der Waals surface area contributed by atoms with Crippen molar-refractivity contribution < 1.29 is 37.3 Å². The lowest BCUT2D eigenvalue weighted by atomic mass is 9.99. The summed E-state index contributed by atoms with van der Waals surface area (Å²) in [6, 6.07) is 3.87. The highest BCUT2D eigenvalue weighted by Crippen LogP contribution is 2.39. The van der Waals surface area contributed by atoms with E-state index in [-0.39, 0.29) is 31.3 Å². The average molecular weight is 649 g/mol. The van der Waals surface area contributed by atoms with Gasteiger partial charge in [-0.25, -0.2) is 14.6 Å². The Morgan fingerprint density at radius 2 is 2.04 bits per heavy atom. The summed E-state index contributed by atoms with van der Waals surface area (Å²) in [5.74, 6) is -0.439. The van der Waals surface area contributed by atoms with Crippen molar-refractivity contribution in [2.45, 2.75) is 63.8 Å². The highest BCUT2D eigenvalue weighted by molar-refractivity contribution is 8.08. The monoisotopic (exact) mass is 648 g/mol. The second-order valence-electron chi connectivity index (χ2n) is 11.1. The van der Waals surface area contributed by atoms with Gasteiger partial charge in [0.05, 0.1) is 18.3 Å². The molecule has 2 aliphatic rings. The number of amides is 2. The third-order valence-electron chi connectivity index (χ3n) is 7.93. The molecule has 13 heteroatoms. The number of carbonyl (C=O) groups excluding carboxylic acids is 1. The van der Waals surface area contributed by atoms with E-state index in [2.05, 4.69) is 11.6 Å². The van der Waals surface area contributed by atoms with Crippen molar-refractivity contribution in [1.82, 2.24) is 14.8 Å². The molecule has 244 valence electrons. The van der Waals surface area contributed by atoms with Gasteiger partial charge in [-0.1, -0.05) is 12.2 Å². The van der Waals surface area contributed by atoms with Crippen LogP contribution in [0.1, 0.15) is 49.8 Å². The van der Waals surface area contributed by atoms with Gasteiger partial charge in [0.15, 0.2) is 0 Å². The SMILES string of the molecule is C=CCCCCN(C)C(=O)N1CCC(Oc2cc(C3=CCCN=C(C(F)(F)F)CS3)nc3c(C)c(OC)ccc23)CC1C(=O)O. The summed E-state index contributed by atoms with van der Waals surface area (Å²) < 4.78 is 52.4. The number of benzene rings is 1. The van der Waals surface area contributed by atoms with Crippen LogP contribution in [-0.4, -0.2) is 95.5 Å². The van der Waals surface area contributed by atoms with E-state index in [0.29, 0.717) is 52.4 Å². The number of alkyl halides is 3. The number of urea groups is 1. The Labute approximate surface area is 265 Å². The normalized spacial score (nSPS) is 19.2. The number of carbonyl (C=O) groups is 2. The summed E-state index contributed by atoms with van der Waals surface area (Å²) >= 11 is 1.01. The number of aryl methyl sites for hydroxylation is 1. The topological polar surface area (TPSA) is 105 Å². The Bertz CT molecular complexity index is 1480. The molecule has 1 fully saturated rings. The maximum atomic E-state index is 13.5. The van der Waals surface area contributed by atoms with E-state index < -0.39 is 30.0 Å². The minimum Gasteiger partial charge on any atom is -0.496 e. The predicted molar refractivity (Wildman–Crippen MR) is 170 cm³/mol. The minimum absolute atomic E-state index is 0.0145. The van der Waals surface area contributed by atoms with Crippen molar-refractivity contribution in [2.24, 2.45) is 4.99 Å². The molecule has 2 atom stereocenters. The quantitative estimate of drug-likeness (QED) is 0.225. The number of hydrogen-bond acceptors (Lipinski definition) is 7. The summed E-state index contributed by atoms with van der Waals surface area (Å²) in [5, 5.41) is 10.7. The highest BCUT2D eigenvalue weighted by atomic mass is 32.2. The molecule has 45 heavy (non-hydrogen) atoms. The van der Waals surface area contributed by atoms with Gasteiger partial charge in [0.1, 0.15) is 29.4 Å². The van der Waals surface area contributed by atoms with Crippen LogP contribution in [0.3, 0.4) is 0 Å². The number of halogens is 3. The fourth-order valence-corrected chi connectivity index (χ4v) is 6.49. The lowest BCUT2D eigenvalue weighted by molar-refractivity contribution is -0.144. The van der Waals surface area contributed by atoms with Crippen LogP contribution in [0.4, 0.5) is 18.0 Å². The molecule has 2 aliphatic heterocycles. The van der Waals surface area contributed by atoms with Crippen LogP contribution in [0.25, 0.3) is 15.8 Å². The number of pyridine rings is 1. The molecule has 3 heterocycles. The summed E-state index contributed by atoms with van der Waals surface area (Å²) in [5.41, 5.74) is 0.922. The standard InChI is InChI=1S/C32H39F3N4O5S/c1-5-6-7-8-15-38(3)31(42)39-16-13-21(17-24(39)30(40)41)44-26-18-23(37-29-20(2)25(43-4)12-11-22(26)29)27-10-9-14-36-28(19-45-27)32(33,34)35/h5,10-12,18,21,24H,1,6-9,13-17,19H2,2-4H3,(H,40,41). The van der Waals surface area contributed by atoms with E-state index in [0.717, 1.165) is 36.6 Å². The number of carboxylic acids is 1. The molecular formula is C32H39F3N4O5S. The number of hydrogen-bond donors (Lipinski definition) is 1. The molecule has 1 aromatic carbocycles. The Morgan fingerprint density at radius 3 is 2.73 bits per heavy atom. The van der Waals surface area contributed by atoms with Crippen LogP contribution in [0.15, 0.2) is 41.9 Å². The maximum absolute atomic E-state index is 13.5. The predicted octanol–water partition coefficient (Wildman–Crippen LogP) is 6.74. The van der Waals surface area contributed by atoms with Crippen LogP contribution >= 0.6 is 11.8 Å². The Hall–Kier alpha value is -3.74. The zero-order valence-corrected chi connectivity index (χ0v) is 26.5. The van der Waals surface area contributed by atoms with E-state index in [1.807, 2.05) is 19.1 Å². The zero-order chi connectivity index (χ0) is 32.7. The van der Waals surface area contributed by atoms with Crippen LogP contribution < -0.4 is 9.47 Å². The first-order chi connectivity index (χ1) is 21.4. The number of allylic oxidation sites excluding steroid dienone is 1. The molecule has 2 aromatic rings. The number of piperidine rings is 1. The molecule has 4 rings (SSSR count). The van der Waals surface area contributed by atoms with Gasteiger partial charge in [-0.15, -0.1) is 18.3 Å². The van der Waals surface area contributed by atoms with Crippen molar-refractivity contribution in [1.29, 1.82) is 0 Å². The Kier molecular flexibility index (Phi) is 11.4. The van der Waals surface area contributed by atoms with E-state index in [1.54, 1.807) is 37.3 Å². The number of aliphatic imine (C=N–C) groups is 1. The third-order valence-corrected chi connectivity index (χ3v) is 9.03. The van der Waals surface area contributed by atoms with Crippen molar-refractivity contribution in [3.63, 3.8) is 0 Å². The molecule has 0 spiro atoms. The van der Waals surface area contributed by atoms with Crippen LogP contribution in [0.2, 0.25) is 0 Å². The number of fused-ring (bicyclic) bond motifs is 1. The van der Waals surface area contributed by atoms with Gasteiger partial charge in [-0.2, -0.15) is 13.2 Å². The number of aromatic nitrogens is 1. The minimum atomic E-state index is -4.51. The van der Waals surface area contributed by atoms with Crippen molar-refractivity contribution >= 4 is 45.3 Å². The number of methoxy groups -OCH3 is 1. The lowest BCUT2D eigenvalue weighted by Crippen LogP contribution is -2.55. The fourth-order valence-electron chi connectivity index (χ4n) is 5.46. The van der Waals surface area contributed by atoms with Crippen LogP contribution in [0.5, 0.6) is 11.5 Å². The summed E-state index contributed by atoms with van der Waals surface area (Å²) in [7, 11) is 3.21. The number of thioether (sulfide) groups is 1. The second kappa shape index (κ2) is 15.0. The molecule has 1 aromatic heterocycles. The van der Waals surface area contributed by atoms with Crippen molar-refractivity contribution in [3.8, 4) is 11.5 Å². The highest BCUT2D eigenvalue weighted by Gasteiger charge is 2.39. The van der Waals surface area contributed by atoms with Crippen molar-refractivity contribution in [3.05, 3.63) is 48.2 Å². The van der Waals surface area contributed by atoms with E-state index in [9.17, 15) is 27.9 Å². The van der Waals surface area contributed by atoms with E-state index in [4.69, 9.17) is 14.5 Å². The maximum Gasteiger partial charge on any atom is 0.429 e. The molecule has 9 nitrogen and oxygen atoms in total. The van der Waals surface area contributed by atoms with Gasteiger partial charge >= 0.3 is 18.2 Å². The van der Waals surface area contributed by atoms with Gasteiger partial charge < -0.3 is 24.4 Å². The van der Waals surface area contributed by atoms with Gasteiger partial charge in [-0.3, -0.25) is 4.99 Å². The first-order valence-electron chi connectivity index (χ1n) is 14.9. The van der Waals surface area contributed by atoms with Gasteiger partial charge in [-0.05, 0) is 44.7 Å². The first kappa shape index (κ1) is 34.1. The van der Waals surface area contributed by atoms with Gasteiger partial charge in [0.2, 0.25) is 0 Å². The first-order valence-corrected chi connectivity index (χ1v) is 15.9. The molecule has 0 bridgehead atoms. The number of rotatable bonds is 10. The summed E-state index contributed by atoms with van der Waals surface area (Å²) in [4.78, 5) is 37.6. The largest absolute Gasteiger partial charge is 0.496 e. The van der Waals surface area contributed by atoms with E-state index >= 15 is 0 Å². The average Bonchev–Trinajstić information content (AvgIpc) is 2.98. The zero-order valence-electron chi connectivity index (χ0n) is 25.7.